The highest BCUT2D eigenvalue weighted by atomic mass is 15.1. The van der Waals surface area contributed by atoms with Gasteiger partial charge in [0.15, 0.2) is 0 Å². The number of hydrogen-bond donors (Lipinski definition) is 1. The molecule has 110 valence electrons. The zero-order valence-electron chi connectivity index (χ0n) is 13.0. The first-order chi connectivity index (χ1) is 10.3. The van der Waals surface area contributed by atoms with E-state index < -0.39 is 0 Å². The highest BCUT2D eigenvalue weighted by Crippen LogP contribution is 2.33. The number of anilines is 2. The van der Waals surface area contributed by atoms with Crippen molar-refractivity contribution in [2.24, 2.45) is 0 Å². The van der Waals surface area contributed by atoms with Gasteiger partial charge in [-0.1, -0.05) is 24.3 Å². The van der Waals surface area contributed by atoms with E-state index in [0.29, 0.717) is 6.04 Å². The Morgan fingerprint density at radius 3 is 2.43 bits per heavy atom. The van der Waals surface area contributed by atoms with Gasteiger partial charge in [0.05, 0.1) is 6.04 Å². The van der Waals surface area contributed by atoms with E-state index in [2.05, 4.69) is 72.6 Å². The molecule has 2 aromatic rings. The Morgan fingerprint density at radius 2 is 1.71 bits per heavy atom. The van der Waals surface area contributed by atoms with Crippen molar-refractivity contribution in [2.75, 3.05) is 23.3 Å². The lowest BCUT2D eigenvalue weighted by molar-refractivity contribution is 0.762. The smallest absolute Gasteiger partial charge is 0.0519 e. The van der Waals surface area contributed by atoms with E-state index in [1.54, 1.807) is 0 Å². The monoisotopic (exact) mass is 280 g/mol. The number of nitrogens with one attached hydrogen (secondary N) is 1. The molecule has 0 fully saturated rings. The number of benzene rings is 2. The molecular weight excluding hydrogens is 256 g/mol. The lowest BCUT2D eigenvalue weighted by Crippen LogP contribution is -2.21. The summed E-state index contributed by atoms with van der Waals surface area (Å²) in [4.78, 5) is 2.37. The SMILES string of the molecule is CCN(CC)c1ccc(NC2CCc3ccccc32)cc1. The van der Waals surface area contributed by atoms with Gasteiger partial charge in [-0.3, -0.25) is 0 Å². The normalized spacial score (nSPS) is 16.6. The van der Waals surface area contributed by atoms with Crippen molar-refractivity contribution in [2.45, 2.75) is 32.7 Å². The summed E-state index contributed by atoms with van der Waals surface area (Å²) in [5.74, 6) is 0. The summed E-state index contributed by atoms with van der Waals surface area (Å²) in [7, 11) is 0. The van der Waals surface area contributed by atoms with Crippen molar-refractivity contribution in [1.82, 2.24) is 0 Å². The summed E-state index contributed by atoms with van der Waals surface area (Å²) >= 11 is 0. The van der Waals surface area contributed by atoms with Crippen LogP contribution in [0.3, 0.4) is 0 Å². The summed E-state index contributed by atoms with van der Waals surface area (Å²) < 4.78 is 0. The van der Waals surface area contributed by atoms with Gasteiger partial charge in [0.2, 0.25) is 0 Å². The van der Waals surface area contributed by atoms with Gasteiger partial charge < -0.3 is 10.2 Å². The fraction of sp³-hybridized carbons (Fsp3) is 0.368. The quantitative estimate of drug-likeness (QED) is 0.859. The number of nitrogens with zero attached hydrogens (tertiary/aromatic N) is 1. The average Bonchev–Trinajstić information content (AvgIpc) is 2.93. The van der Waals surface area contributed by atoms with E-state index >= 15 is 0 Å². The van der Waals surface area contributed by atoms with Crippen molar-refractivity contribution >= 4 is 11.4 Å². The maximum Gasteiger partial charge on any atom is 0.0519 e. The Bertz CT molecular complexity index is 585. The van der Waals surface area contributed by atoms with Crippen LogP contribution in [0, 0.1) is 0 Å². The predicted octanol–water partition coefficient (Wildman–Crippen LogP) is 4.63. The molecule has 2 aromatic carbocycles. The Balaban J connectivity index is 1.72. The second kappa shape index (κ2) is 6.21. The van der Waals surface area contributed by atoms with Gasteiger partial charge in [-0.05, 0) is 62.1 Å². The molecule has 0 spiro atoms. The molecule has 2 nitrogen and oxygen atoms in total. The minimum Gasteiger partial charge on any atom is -0.378 e. The van der Waals surface area contributed by atoms with E-state index in [9.17, 15) is 0 Å². The van der Waals surface area contributed by atoms with E-state index in [1.807, 2.05) is 0 Å². The molecule has 1 aliphatic carbocycles. The fourth-order valence-corrected chi connectivity index (χ4v) is 3.27. The number of fused-ring (bicyclic) bond motifs is 1. The summed E-state index contributed by atoms with van der Waals surface area (Å²) in [5, 5.41) is 3.68. The van der Waals surface area contributed by atoms with Crippen LogP contribution < -0.4 is 10.2 Å². The average molecular weight is 280 g/mol. The maximum absolute atomic E-state index is 3.68. The minimum atomic E-state index is 0.459. The summed E-state index contributed by atoms with van der Waals surface area (Å²) in [6, 6.07) is 18.1. The molecule has 0 aliphatic heterocycles. The molecule has 0 saturated carbocycles. The Labute approximate surface area is 127 Å². The first-order valence-electron chi connectivity index (χ1n) is 8.01. The number of hydrogen-bond acceptors (Lipinski definition) is 2. The van der Waals surface area contributed by atoms with E-state index in [1.165, 1.54) is 35.3 Å². The third-order valence-corrected chi connectivity index (χ3v) is 4.47. The highest BCUT2D eigenvalue weighted by molar-refractivity contribution is 5.56. The van der Waals surface area contributed by atoms with Gasteiger partial charge in [-0.25, -0.2) is 0 Å². The van der Waals surface area contributed by atoms with Crippen molar-refractivity contribution in [3.63, 3.8) is 0 Å². The summed E-state index contributed by atoms with van der Waals surface area (Å²) in [5.41, 5.74) is 5.48. The van der Waals surface area contributed by atoms with Gasteiger partial charge >= 0.3 is 0 Å². The maximum atomic E-state index is 3.68. The van der Waals surface area contributed by atoms with E-state index in [0.717, 1.165) is 13.1 Å². The lowest BCUT2D eigenvalue weighted by atomic mass is 10.1. The Morgan fingerprint density at radius 1 is 1.00 bits per heavy atom. The zero-order valence-corrected chi connectivity index (χ0v) is 13.0. The second-order valence-electron chi connectivity index (χ2n) is 5.65. The standard InChI is InChI=1S/C19H24N2/c1-3-21(4-2)17-12-10-16(11-13-17)20-19-14-9-15-7-5-6-8-18(15)19/h5-8,10-13,19-20H,3-4,9,14H2,1-2H3. The lowest BCUT2D eigenvalue weighted by Gasteiger charge is -2.22. The summed E-state index contributed by atoms with van der Waals surface area (Å²) in [6.45, 7) is 6.51. The molecule has 2 heteroatoms. The third-order valence-electron chi connectivity index (χ3n) is 4.47. The van der Waals surface area contributed by atoms with Gasteiger partial charge in [0, 0.05) is 24.5 Å². The van der Waals surface area contributed by atoms with Crippen LogP contribution in [0.5, 0.6) is 0 Å². The second-order valence-corrected chi connectivity index (χ2v) is 5.65. The molecule has 1 atom stereocenters. The molecule has 1 N–H and O–H groups in total. The molecule has 1 aliphatic rings. The predicted molar refractivity (Wildman–Crippen MR) is 91.1 cm³/mol. The Kier molecular flexibility index (Phi) is 4.14. The van der Waals surface area contributed by atoms with Gasteiger partial charge in [0.25, 0.3) is 0 Å². The topological polar surface area (TPSA) is 15.3 Å². The number of rotatable bonds is 5. The van der Waals surface area contributed by atoms with Crippen LogP contribution in [0.2, 0.25) is 0 Å². The van der Waals surface area contributed by atoms with Crippen LogP contribution in [0.4, 0.5) is 11.4 Å². The first kappa shape index (κ1) is 14.0. The molecule has 3 rings (SSSR count). The van der Waals surface area contributed by atoms with Crippen molar-refractivity contribution < 1.29 is 0 Å². The van der Waals surface area contributed by atoms with Crippen LogP contribution in [-0.4, -0.2) is 13.1 Å². The van der Waals surface area contributed by atoms with Crippen LogP contribution >= 0.6 is 0 Å². The van der Waals surface area contributed by atoms with Crippen molar-refractivity contribution in [3.8, 4) is 0 Å². The molecule has 0 radical (unpaired) electrons. The molecule has 0 saturated heterocycles. The zero-order chi connectivity index (χ0) is 14.7. The first-order valence-corrected chi connectivity index (χ1v) is 8.01. The van der Waals surface area contributed by atoms with Gasteiger partial charge in [0.1, 0.15) is 0 Å². The third kappa shape index (κ3) is 2.90. The van der Waals surface area contributed by atoms with Gasteiger partial charge in [-0.15, -0.1) is 0 Å². The van der Waals surface area contributed by atoms with Crippen LogP contribution in [0.25, 0.3) is 0 Å². The molecule has 21 heavy (non-hydrogen) atoms. The van der Waals surface area contributed by atoms with E-state index in [-0.39, 0.29) is 0 Å². The number of aryl methyl sites for hydroxylation is 1. The van der Waals surface area contributed by atoms with Gasteiger partial charge in [-0.2, -0.15) is 0 Å². The fourth-order valence-electron chi connectivity index (χ4n) is 3.27. The Hall–Kier alpha value is -1.96. The van der Waals surface area contributed by atoms with Crippen molar-refractivity contribution in [3.05, 3.63) is 59.7 Å². The molecule has 0 heterocycles. The van der Waals surface area contributed by atoms with Crippen LogP contribution in [0.1, 0.15) is 37.4 Å². The largest absolute Gasteiger partial charge is 0.378 e. The minimum absolute atomic E-state index is 0.459. The molecule has 1 unspecified atom stereocenters. The van der Waals surface area contributed by atoms with Crippen LogP contribution in [-0.2, 0) is 6.42 Å². The molecular formula is C19H24N2. The highest BCUT2D eigenvalue weighted by Gasteiger charge is 2.21. The molecule has 0 amide bonds. The molecule has 0 bridgehead atoms. The van der Waals surface area contributed by atoms with Crippen molar-refractivity contribution in [1.29, 1.82) is 0 Å². The summed E-state index contributed by atoms with van der Waals surface area (Å²) in [6.07, 6.45) is 2.38. The molecule has 0 aromatic heterocycles. The van der Waals surface area contributed by atoms with Crippen LogP contribution in [0.15, 0.2) is 48.5 Å². The van der Waals surface area contributed by atoms with E-state index in [4.69, 9.17) is 0 Å².